The second-order valence-electron chi connectivity index (χ2n) is 4.89. The Balaban J connectivity index is 2.09. The molecule has 0 unspecified atom stereocenters. The first kappa shape index (κ1) is 15.5. The third kappa shape index (κ3) is 4.27. The maximum Gasteiger partial charge on any atom is 0.292 e. The highest BCUT2D eigenvalue weighted by Gasteiger charge is 2.14. The van der Waals surface area contributed by atoms with Crippen LogP contribution in [0, 0.1) is 10.1 Å². The first-order valence-corrected chi connectivity index (χ1v) is 7.70. The van der Waals surface area contributed by atoms with E-state index in [1.807, 2.05) is 32.2 Å². The van der Waals surface area contributed by atoms with E-state index in [9.17, 15) is 10.1 Å². The lowest BCUT2D eigenvalue weighted by Gasteiger charge is -2.16. The average molecular weight is 305 g/mol. The van der Waals surface area contributed by atoms with Crippen LogP contribution in [0.25, 0.3) is 0 Å². The van der Waals surface area contributed by atoms with E-state index in [0.717, 1.165) is 18.7 Å². The maximum absolute atomic E-state index is 11.0. The van der Waals surface area contributed by atoms with Crippen LogP contribution in [0.3, 0.4) is 0 Å². The van der Waals surface area contributed by atoms with Gasteiger partial charge >= 0.3 is 0 Å². The van der Waals surface area contributed by atoms with Gasteiger partial charge in [0.05, 0.1) is 4.92 Å². The van der Waals surface area contributed by atoms with Crippen molar-refractivity contribution in [2.24, 2.45) is 0 Å². The summed E-state index contributed by atoms with van der Waals surface area (Å²) in [5.74, 6) is 0. The molecule has 1 aromatic heterocycles. The fourth-order valence-electron chi connectivity index (χ4n) is 2.21. The van der Waals surface area contributed by atoms with Gasteiger partial charge in [0.1, 0.15) is 5.69 Å². The number of nitrogens with one attached hydrogen (secondary N) is 1. The van der Waals surface area contributed by atoms with Gasteiger partial charge in [0.2, 0.25) is 0 Å². The molecule has 0 saturated carbocycles. The molecule has 2 aromatic rings. The molecule has 0 aliphatic rings. The van der Waals surface area contributed by atoms with Gasteiger partial charge in [-0.1, -0.05) is 12.1 Å². The molecular weight excluding hydrogens is 286 g/mol. The Morgan fingerprint density at radius 3 is 2.76 bits per heavy atom. The summed E-state index contributed by atoms with van der Waals surface area (Å²) in [5.41, 5.74) is 1.78. The van der Waals surface area contributed by atoms with Crippen molar-refractivity contribution in [3.8, 4) is 0 Å². The van der Waals surface area contributed by atoms with Gasteiger partial charge in [-0.3, -0.25) is 15.0 Å². The quantitative estimate of drug-likeness (QED) is 0.625. The van der Waals surface area contributed by atoms with Crippen molar-refractivity contribution in [3.63, 3.8) is 0 Å². The Labute approximate surface area is 128 Å². The molecular formula is C15H19N3O2S. The van der Waals surface area contributed by atoms with E-state index in [4.69, 9.17) is 0 Å². The second kappa shape index (κ2) is 7.19. The summed E-state index contributed by atoms with van der Waals surface area (Å²) in [6.07, 6.45) is 0. The van der Waals surface area contributed by atoms with Gasteiger partial charge in [0, 0.05) is 30.6 Å². The molecule has 0 bridgehead atoms. The van der Waals surface area contributed by atoms with Gasteiger partial charge < -0.3 is 5.32 Å². The summed E-state index contributed by atoms with van der Waals surface area (Å²) in [6, 6.07) is 9.42. The maximum atomic E-state index is 11.0. The number of benzene rings is 1. The van der Waals surface area contributed by atoms with Crippen LogP contribution in [0.4, 0.5) is 11.4 Å². The smallest absolute Gasteiger partial charge is 0.292 e. The summed E-state index contributed by atoms with van der Waals surface area (Å²) in [5, 5.41) is 16.1. The van der Waals surface area contributed by atoms with E-state index in [-0.39, 0.29) is 10.6 Å². The van der Waals surface area contributed by atoms with Crippen molar-refractivity contribution in [2.45, 2.75) is 20.0 Å². The Morgan fingerprint density at radius 2 is 2.14 bits per heavy atom. The average Bonchev–Trinajstić information content (AvgIpc) is 2.91. The predicted octanol–water partition coefficient (Wildman–Crippen LogP) is 3.72. The zero-order chi connectivity index (χ0) is 15.2. The minimum atomic E-state index is -0.350. The minimum Gasteiger partial charge on any atom is -0.380 e. The molecule has 0 fully saturated rings. The number of nitrogens with zero attached hydrogens (tertiary/aromatic N) is 2. The molecule has 0 saturated heterocycles. The second-order valence-corrected chi connectivity index (χ2v) is 5.92. The molecule has 6 heteroatoms. The fourth-order valence-corrected chi connectivity index (χ4v) is 2.99. The SMILES string of the molecule is CCNc1cc(CN(C)Cc2cccs2)ccc1[N+](=O)[O-]. The van der Waals surface area contributed by atoms with Crippen LogP contribution in [0.5, 0.6) is 0 Å². The highest BCUT2D eigenvalue weighted by Crippen LogP contribution is 2.26. The van der Waals surface area contributed by atoms with Crippen molar-refractivity contribution in [1.82, 2.24) is 4.90 Å². The van der Waals surface area contributed by atoms with E-state index in [1.165, 1.54) is 4.88 Å². The van der Waals surface area contributed by atoms with E-state index in [0.29, 0.717) is 12.2 Å². The van der Waals surface area contributed by atoms with Crippen LogP contribution in [-0.2, 0) is 13.1 Å². The van der Waals surface area contributed by atoms with E-state index in [1.54, 1.807) is 17.4 Å². The Bertz CT molecular complexity index is 599. The van der Waals surface area contributed by atoms with Crippen molar-refractivity contribution in [3.05, 3.63) is 56.3 Å². The Morgan fingerprint density at radius 1 is 1.33 bits per heavy atom. The molecule has 2 rings (SSSR count). The molecule has 0 amide bonds. The van der Waals surface area contributed by atoms with Crippen molar-refractivity contribution >= 4 is 22.7 Å². The van der Waals surface area contributed by atoms with E-state index in [2.05, 4.69) is 21.7 Å². The minimum absolute atomic E-state index is 0.126. The molecule has 1 N–H and O–H groups in total. The van der Waals surface area contributed by atoms with Gasteiger partial charge in [-0.2, -0.15) is 0 Å². The number of nitro benzene ring substituents is 1. The molecule has 1 aromatic carbocycles. The van der Waals surface area contributed by atoms with Crippen molar-refractivity contribution in [2.75, 3.05) is 18.9 Å². The zero-order valence-corrected chi connectivity index (χ0v) is 13.0. The molecule has 21 heavy (non-hydrogen) atoms. The van der Waals surface area contributed by atoms with Crippen LogP contribution in [0.15, 0.2) is 35.7 Å². The number of rotatable bonds is 7. The van der Waals surface area contributed by atoms with Gasteiger partial charge in [-0.25, -0.2) is 0 Å². The lowest BCUT2D eigenvalue weighted by molar-refractivity contribution is -0.384. The molecule has 0 radical (unpaired) electrons. The third-order valence-corrected chi connectivity index (χ3v) is 3.94. The molecule has 0 aliphatic carbocycles. The molecule has 5 nitrogen and oxygen atoms in total. The first-order chi connectivity index (χ1) is 10.1. The Hall–Kier alpha value is -1.92. The van der Waals surface area contributed by atoms with Gasteiger partial charge in [-0.15, -0.1) is 11.3 Å². The van der Waals surface area contributed by atoms with Gasteiger partial charge in [0.15, 0.2) is 0 Å². The molecule has 0 aliphatic heterocycles. The van der Waals surface area contributed by atoms with Crippen LogP contribution >= 0.6 is 11.3 Å². The standard InChI is InChI=1S/C15H19N3O2S/c1-3-16-14-9-12(6-7-15(14)18(19)20)10-17(2)11-13-5-4-8-21-13/h4-9,16H,3,10-11H2,1-2H3. The van der Waals surface area contributed by atoms with Crippen LogP contribution in [-0.4, -0.2) is 23.4 Å². The summed E-state index contributed by atoms with van der Waals surface area (Å²) in [6.45, 7) is 4.23. The largest absolute Gasteiger partial charge is 0.380 e. The number of hydrogen-bond donors (Lipinski definition) is 1. The summed E-state index contributed by atoms with van der Waals surface area (Å²) >= 11 is 1.74. The number of thiophene rings is 1. The summed E-state index contributed by atoms with van der Waals surface area (Å²) in [4.78, 5) is 14.2. The van der Waals surface area contributed by atoms with E-state index >= 15 is 0 Å². The van der Waals surface area contributed by atoms with Crippen molar-refractivity contribution in [1.29, 1.82) is 0 Å². The number of anilines is 1. The van der Waals surface area contributed by atoms with Crippen LogP contribution in [0.2, 0.25) is 0 Å². The fraction of sp³-hybridized carbons (Fsp3) is 0.333. The molecule has 0 atom stereocenters. The lowest BCUT2D eigenvalue weighted by atomic mass is 10.1. The van der Waals surface area contributed by atoms with Crippen LogP contribution in [0.1, 0.15) is 17.4 Å². The first-order valence-electron chi connectivity index (χ1n) is 6.82. The lowest BCUT2D eigenvalue weighted by Crippen LogP contribution is -2.16. The molecule has 112 valence electrons. The zero-order valence-electron chi connectivity index (χ0n) is 12.2. The third-order valence-electron chi connectivity index (χ3n) is 3.08. The predicted molar refractivity (Wildman–Crippen MR) is 86.8 cm³/mol. The van der Waals surface area contributed by atoms with Gasteiger partial charge in [0.25, 0.3) is 5.69 Å². The monoisotopic (exact) mass is 305 g/mol. The Kier molecular flexibility index (Phi) is 5.30. The number of hydrogen-bond acceptors (Lipinski definition) is 5. The summed E-state index contributed by atoms with van der Waals surface area (Å²) in [7, 11) is 2.05. The number of nitro groups is 1. The van der Waals surface area contributed by atoms with E-state index < -0.39 is 0 Å². The highest BCUT2D eigenvalue weighted by molar-refractivity contribution is 7.09. The molecule has 0 spiro atoms. The van der Waals surface area contributed by atoms with Crippen LogP contribution < -0.4 is 5.32 Å². The normalized spacial score (nSPS) is 10.8. The highest BCUT2D eigenvalue weighted by atomic mass is 32.1. The topological polar surface area (TPSA) is 58.4 Å². The molecule has 1 heterocycles. The summed E-state index contributed by atoms with van der Waals surface area (Å²) < 4.78 is 0. The van der Waals surface area contributed by atoms with Crippen molar-refractivity contribution < 1.29 is 4.92 Å². The van der Waals surface area contributed by atoms with Gasteiger partial charge in [-0.05, 0) is 37.0 Å².